The van der Waals surface area contributed by atoms with E-state index < -0.39 is 23.4 Å². The molecule has 4 aromatic rings. The minimum Gasteiger partial charge on any atom is -0.441 e. The summed E-state index contributed by atoms with van der Waals surface area (Å²) in [4.78, 5) is 29.1. The van der Waals surface area contributed by atoms with Gasteiger partial charge in [0.2, 0.25) is 5.89 Å². The van der Waals surface area contributed by atoms with Crippen LogP contribution in [0.3, 0.4) is 0 Å². The number of anilines is 1. The van der Waals surface area contributed by atoms with E-state index in [0.717, 1.165) is 5.56 Å². The van der Waals surface area contributed by atoms with Crippen LogP contribution in [0.1, 0.15) is 43.8 Å². The minimum atomic E-state index is -1.22. The molecule has 2 heterocycles. The van der Waals surface area contributed by atoms with Crippen LogP contribution in [0.5, 0.6) is 0 Å². The quantitative estimate of drug-likeness (QED) is 0.281. The first-order valence-corrected chi connectivity index (χ1v) is 11.0. The van der Waals surface area contributed by atoms with E-state index in [1.54, 1.807) is 6.92 Å². The molecule has 36 heavy (non-hydrogen) atoms. The Morgan fingerprint density at radius 2 is 1.83 bits per heavy atom. The first-order chi connectivity index (χ1) is 17.3. The normalized spacial score (nSPS) is 10.9. The summed E-state index contributed by atoms with van der Waals surface area (Å²) in [7, 11) is 0. The highest BCUT2D eigenvalue weighted by Crippen LogP contribution is 2.21. The Morgan fingerprint density at radius 3 is 2.61 bits per heavy atom. The number of nitrogens with one attached hydrogen (secondary N) is 3. The summed E-state index contributed by atoms with van der Waals surface area (Å²) in [5, 5.41) is 11.1. The third-order valence-electron chi connectivity index (χ3n) is 5.00. The van der Waals surface area contributed by atoms with Crippen molar-refractivity contribution < 1.29 is 27.5 Å². The van der Waals surface area contributed by atoms with E-state index in [4.69, 9.17) is 20.8 Å². The molecule has 186 valence electrons. The molecule has 2 amide bonds. The molecule has 0 saturated heterocycles. The summed E-state index contributed by atoms with van der Waals surface area (Å²) < 4.78 is 37.9. The Kier molecular flexibility index (Phi) is 7.71. The summed E-state index contributed by atoms with van der Waals surface area (Å²) >= 11 is 5.81. The van der Waals surface area contributed by atoms with Gasteiger partial charge in [0.05, 0.1) is 29.4 Å². The van der Waals surface area contributed by atoms with E-state index >= 15 is 0 Å². The monoisotopic (exact) mass is 515 g/mol. The summed E-state index contributed by atoms with van der Waals surface area (Å²) in [5.74, 6) is -2.86. The lowest BCUT2D eigenvalue weighted by Gasteiger charge is -2.05. The number of amides is 2. The molecular weight excluding hydrogens is 496 g/mol. The van der Waals surface area contributed by atoms with E-state index in [1.807, 2.05) is 30.3 Å². The number of rotatable bonds is 9. The molecule has 0 aliphatic carbocycles. The number of hydrogen-bond acceptors (Lipinski definition) is 6. The second-order valence-corrected chi connectivity index (χ2v) is 8.05. The summed E-state index contributed by atoms with van der Waals surface area (Å²) in [6.45, 7) is 2.38. The van der Waals surface area contributed by atoms with Gasteiger partial charge in [0.1, 0.15) is 18.2 Å². The number of aromatic amines is 1. The zero-order chi connectivity index (χ0) is 25.7. The first kappa shape index (κ1) is 25.0. The maximum Gasteiger partial charge on any atom is 0.272 e. The van der Waals surface area contributed by atoms with Crippen LogP contribution in [0, 0.1) is 18.6 Å². The standard InChI is InChI=1S/C24H20ClF2N5O4/c1-13-20(36-22(29-13)12-35-11-14-5-3-2-4-6-14)10-28-24(34)19-9-21(32-31-19)30-23(33)15-7-17(26)18(27)8-16(15)25/h2-9H,10-12H2,1H3,(H,28,34)(H2,30,31,32,33). The lowest BCUT2D eigenvalue weighted by molar-refractivity contribution is 0.0879. The number of oxazole rings is 1. The second-order valence-electron chi connectivity index (χ2n) is 7.64. The van der Waals surface area contributed by atoms with E-state index in [0.29, 0.717) is 36.1 Å². The highest BCUT2D eigenvalue weighted by molar-refractivity contribution is 6.34. The molecule has 0 aliphatic rings. The van der Waals surface area contributed by atoms with Crippen LogP contribution in [-0.4, -0.2) is 27.0 Å². The fraction of sp³-hybridized carbons (Fsp3) is 0.167. The Morgan fingerprint density at radius 1 is 1.08 bits per heavy atom. The van der Waals surface area contributed by atoms with Crippen LogP contribution >= 0.6 is 11.6 Å². The van der Waals surface area contributed by atoms with Crippen molar-refractivity contribution in [1.29, 1.82) is 0 Å². The smallest absolute Gasteiger partial charge is 0.272 e. The number of hydrogen-bond donors (Lipinski definition) is 3. The number of halogens is 3. The SMILES string of the molecule is Cc1nc(COCc2ccccc2)oc1CNC(=O)c1cc(NC(=O)c2cc(F)c(F)cc2Cl)[nH]n1. The summed E-state index contributed by atoms with van der Waals surface area (Å²) in [6.07, 6.45) is 0. The number of H-pyrrole nitrogens is 1. The molecule has 0 atom stereocenters. The van der Waals surface area contributed by atoms with Gasteiger partial charge in [-0.05, 0) is 24.6 Å². The van der Waals surface area contributed by atoms with Crippen molar-refractivity contribution in [2.24, 2.45) is 0 Å². The average Bonchev–Trinajstić information content (AvgIpc) is 3.46. The third-order valence-corrected chi connectivity index (χ3v) is 5.31. The van der Waals surface area contributed by atoms with E-state index in [9.17, 15) is 18.4 Å². The highest BCUT2D eigenvalue weighted by Gasteiger charge is 2.18. The zero-order valence-electron chi connectivity index (χ0n) is 18.9. The fourth-order valence-electron chi connectivity index (χ4n) is 3.18. The number of carbonyl (C=O) groups excluding carboxylic acids is 2. The van der Waals surface area contributed by atoms with Crippen LogP contribution in [0.15, 0.2) is 52.9 Å². The van der Waals surface area contributed by atoms with Crippen LogP contribution in [0.2, 0.25) is 5.02 Å². The van der Waals surface area contributed by atoms with E-state index in [1.165, 1.54) is 6.07 Å². The van der Waals surface area contributed by atoms with Crippen LogP contribution in [0.25, 0.3) is 0 Å². The molecule has 0 spiro atoms. The number of carbonyl (C=O) groups is 2. The molecule has 0 unspecified atom stereocenters. The van der Waals surface area contributed by atoms with Gasteiger partial charge in [-0.1, -0.05) is 41.9 Å². The van der Waals surface area contributed by atoms with Crippen molar-refractivity contribution in [3.05, 3.63) is 99.4 Å². The average molecular weight is 516 g/mol. The molecule has 0 saturated carbocycles. The summed E-state index contributed by atoms with van der Waals surface area (Å²) in [5.41, 5.74) is 1.33. The largest absolute Gasteiger partial charge is 0.441 e. The molecule has 9 nitrogen and oxygen atoms in total. The molecule has 4 rings (SSSR count). The lowest BCUT2D eigenvalue weighted by Crippen LogP contribution is -2.23. The number of aryl methyl sites for hydroxylation is 1. The molecule has 2 aromatic carbocycles. The van der Waals surface area contributed by atoms with Gasteiger partial charge in [-0.25, -0.2) is 13.8 Å². The second kappa shape index (κ2) is 11.1. The van der Waals surface area contributed by atoms with Crippen molar-refractivity contribution >= 4 is 29.2 Å². The minimum absolute atomic E-state index is 0.0229. The van der Waals surface area contributed by atoms with Gasteiger partial charge in [0.25, 0.3) is 11.8 Å². The number of ether oxygens (including phenoxy) is 1. The van der Waals surface area contributed by atoms with Gasteiger partial charge in [-0.3, -0.25) is 14.7 Å². The Labute approximate surface area is 208 Å². The summed E-state index contributed by atoms with van der Waals surface area (Å²) in [6, 6.07) is 12.3. The van der Waals surface area contributed by atoms with Gasteiger partial charge in [-0.2, -0.15) is 5.10 Å². The van der Waals surface area contributed by atoms with E-state index in [2.05, 4.69) is 25.8 Å². The van der Waals surface area contributed by atoms with Gasteiger partial charge in [-0.15, -0.1) is 0 Å². The predicted molar refractivity (Wildman–Crippen MR) is 125 cm³/mol. The molecule has 12 heteroatoms. The van der Waals surface area contributed by atoms with Crippen molar-refractivity contribution in [1.82, 2.24) is 20.5 Å². The molecule has 2 aromatic heterocycles. The number of nitrogens with zero attached hydrogens (tertiary/aromatic N) is 2. The van der Waals surface area contributed by atoms with Gasteiger partial charge in [0.15, 0.2) is 17.3 Å². The zero-order valence-corrected chi connectivity index (χ0v) is 19.7. The van der Waals surface area contributed by atoms with Crippen molar-refractivity contribution in [2.45, 2.75) is 26.7 Å². The fourth-order valence-corrected chi connectivity index (χ4v) is 3.42. The number of aromatic nitrogens is 3. The van der Waals surface area contributed by atoms with Gasteiger partial charge >= 0.3 is 0 Å². The van der Waals surface area contributed by atoms with Crippen LogP contribution < -0.4 is 10.6 Å². The third kappa shape index (κ3) is 6.12. The number of benzene rings is 2. The van der Waals surface area contributed by atoms with Crippen molar-refractivity contribution in [2.75, 3.05) is 5.32 Å². The Bertz CT molecular complexity index is 1390. The molecule has 0 radical (unpaired) electrons. The van der Waals surface area contributed by atoms with Crippen molar-refractivity contribution in [3.63, 3.8) is 0 Å². The molecule has 0 fully saturated rings. The maximum absolute atomic E-state index is 13.4. The molecule has 0 aliphatic heterocycles. The molecule has 3 N–H and O–H groups in total. The first-order valence-electron chi connectivity index (χ1n) is 10.7. The topological polar surface area (TPSA) is 122 Å². The Hall–Kier alpha value is -4.09. The van der Waals surface area contributed by atoms with Crippen molar-refractivity contribution in [3.8, 4) is 0 Å². The van der Waals surface area contributed by atoms with E-state index in [-0.39, 0.29) is 35.2 Å². The predicted octanol–water partition coefficient (Wildman–Crippen LogP) is 4.54. The van der Waals surface area contributed by atoms with Crippen LogP contribution in [0.4, 0.5) is 14.6 Å². The molecule has 0 bridgehead atoms. The van der Waals surface area contributed by atoms with Gasteiger partial charge in [0, 0.05) is 6.07 Å². The highest BCUT2D eigenvalue weighted by atomic mass is 35.5. The molecular formula is C24H20ClF2N5O4. The Balaban J connectivity index is 1.29. The maximum atomic E-state index is 13.4. The van der Waals surface area contributed by atoms with Crippen LogP contribution in [-0.2, 0) is 24.5 Å². The lowest BCUT2D eigenvalue weighted by atomic mass is 10.2. The van der Waals surface area contributed by atoms with Gasteiger partial charge < -0.3 is 19.8 Å².